The van der Waals surface area contributed by atoms with E-state index in [9.17, 15) is 14.7 Å². The molecule has 1 heterocycles. The molecule has 1 aliphatic heterocycles. The first-order valence-corrected chi connectivity index (χ1v) is 8.37. The molecule has 0 aliphatic carbocycles. The Morgan fingerprint density at radius 3 is 2.39 bits per heavy atom. The van der Waals surface area contributed by atoms with Crippen LogP contribution in [0.5, 0.6) is 0 Å². The van der Waals surface area contributed by atoms with Gasteiger partial charge in [0.05, 0.1) is 26.2 Å². The van der Waals surface area contributed by atoms with Gasteiger partial charge in [-0.15, -0.1) is 0 Å². The highest BCUT2D eigenvalue weighted by molar-refractivity contribution is 6.30. The van der Waals surface area contributed by atoms with Crippen LogP contribution in [0.4, 0.5) is 0 Å². The average Bonchev–Trinajstić information content (AvgIpc) is 2.49. The van der Waals surface area contributed by atoms with E-state index < -0.39 is 5.97 Å². The largest absolute Gasteiger partial charge is 0.550 e. The molecule has 1 aliphatic rings. The zero-order valence-electron chi connectivity index (χ0n) is 13.4. The standard InChI is InChI=1S/C17H23ClN2O3/c1-13(11-17(22)23)10-16(21)20-8-6-19(7-9-20)12-14-2-4-15(18)5-3-14/h2-5,13H,6-12H2,1H3,(H,22,23)/t13-/m1/s1. The number of rotatable bonds is 6. The quantitative estimate of drug-likeness (QED) is 0.777. The molecule has 0 saturated carbocycles. The minimum absolute atomic E-state index is 0.0456. The van der Waals surface area contributed by atoms with E-state index in [1.54, 1.807) is 6.92 Å². The maximum absolute atomic E-state index is 12.2. The van der Waals surface area contributed by atoms with Gasteiger partial charge in [-0.2, -0.15) is 0 Å². The number of carboxylic acids is 1. The molecule has 0 bridgehead atoms. The number of hydrogen-bond donors (Lipinski definition) is 1. The van der Waals surface area contributed by atoms with E-state index >= 15 is 0 Å². The fourth-order valence-electron chi connectivity index (χ4n) is 2.92. The van der Waals surface area contributed by atoms with Gasteiger partial charge in [0.25, 0.3) is 0 Å². The number of carbonyl (C=O) groups is 2. The van der Waals surface area contributed by atoms with Crippen molar-refractivity contribution in [2.75, 3.05) is 26.2 Å². The summed E-state index contributed by atoms with van der Waals surface area (Å²) in [6.45, 7) is 5.96. The van der Waals surface area contributed by atoms with Crippen LogP contribution in [-0.2, 0) is 16.1 Å². The normalized spacial score (nSPS) is 17.0. The molecule has 1 saturated heterocycles. The lowest BCUT2D eigenvalue weighted by Crippen LogP contribution is -3.13. The third-order valence-corrected chi connectivity index (χ3v) is 4.48. The number of quaternary nitrogens is 1. The molecule has 0 radical (unpaired) electrons. The number of amides is 1. The van der Waals surface area contributed by atoms with Crippen LogP contribution in [0.1, 0.15) is 25.3 Å². The van der Waals surface area contributed by atoms with Crippen LogP contribution in [0.15, 0.2) is 24.3 Å². The van der Waals surface area contributed by atoms with Crippen LogP contribution in [0.2, 0.25) is 5.02 Å². The average molecular weight is 339 g/mol. The third-order valence-electron chi connectivity index (χ3n) is 4.23. The summed E-state index contributed by atoms with van der Waals surface area (Å²) < 4.78 is 0. The van der Waals surface area contributed by atoms with Gasteiger partial charge in [-0.05, 0) is 24.5 Å². The van der Waals surface area contributed by atoms with Crippen molar-refractivity contribution in [3.63, 3.8) is 0 Å². The monoisotopic (exact) mass is 338 g/mol. The van der Waals surface area contributed by atoms with Crippen molar-refractivity contribution in [3.8, 4) is 0 Å². The van der Waals surface area contributed by atoms with Crippen molar-refractivity contribution in [1.29, 1.82) is 0 Å². The predicted octanol–water partition coefficient (Wildman–Crippen LogP) is -0.267. The molecule has 5 nitrogen and oxygen atoms in total. The van der Waals surface area contributed by atoms with Crippen molar-refractivity contribution >= 4 is 23.5 Å². The molecule has 1 amide bonds. The van der Waals surface area contributed by atoms with Crippen LogP contribution in [-0.4, -0.2) is 43.0 Å². The topological polar surface area (TPSA) is 64.9 Å². The number of hydrogen-bond acceptors (Lipinski definition) is 3. The number of benzene rings is 1. The minimum Gasteiger partial charge on any atom is -0.550 e. The number of aliphatic carboxylic acids is 1. The lowest BCUT2D eigenvalue weighted by molar-refractivity contribution is -0.917. The summed E-state index contributed by atoms with van der Waals surface area (Å²) in [7, 11) is 0. The highest BCUT2D eigenvalue weighted by atomic mass is 35.5. The Balaban J connectivity index is 1.75. The number of nitrogens with zero attached hydrogens (tertiary/aromatic N) is 1. The summed E-state index contributed by atoms with van der Waals surface area (Å²) in [6.07, 6.45) is 0.216. The van der Waals surface area contributed by atoms with Gasteiger partial charge in [0.2, 0.25) is 5.91 Å². The zero-order chi connectivity index (χ0) is 16.8. The van der Waals surface area contributed by atoms with E-state index in [2.05, 4.69) is 0 Å². The van der Waals surface area contributed by atoms with E-state index in [4.69, 9.17) is 11.6 Å². The maximum atomic E-state index is 12.2. The maximum Gasteiger partial charge on any atom is 0.223 e. The third kappa shape index (κ3) is 5.84. The molecule has 1 N–H and O–H groups in total. The second kappa shape index (κ2) is 8.31. The molecular weight excluding hydrogens is 316 g/mol. The summed E-state index contributed by atoms with van der Waals surface area (Å²) in [5.74, 6) is -1.22. The second-order valence-corrected chi connectivity index (χ2v) is 6.76. The molecule has 0 aromatic heterocycles. The van der Waals surface area contributed by atoms with Gasteiger partial charge in [0.1, 0.15) is 6.54 Å². The summed E-state index contributed by atoms with van der Waals surface area (Å²) in [5.41, 5.74) is 1.24. The predicted molar refractivity (Wildman–Crippen MR) is 85.8 cm³/mol. The van der Waals surface area contributed by atoms with E-state index in [0.717, 1.165) is 37.7 Å². The molecule has 2 rings (SSSR count). The molecule has 1 aromatic rings. The van der Waals surface area contributed by atoms with Gasteiger partial charge < -0.3 is 19.7 Å². The lowest BCUT2D eigenvalue weighted by Gasteiger charge is -2.33. The lowest BCUT2D eigenvalue weighted by atomic mass is 10.0. The summed E-state index contributed by atoms with van der Waals surface area (Å²) in [6, 6.07) is 7.87. The first-order valence-electron chi connectivity index (χ1n) is 7.99. The number of carboxylic acid groups (broad SMARTS) is 1. The van der Waals surface area contributed by atoms with Crippen LogP contribution < -0.4 is 10.0 Å². The molecule has 1 atom stereocenters. The summed E-state index contributed by atoms with van der Waals surface area (Å²) in [5, 5.41) is 11.3. The van der Waals surface area contributed by atoms with Gasteiger partial charge in [0, 0.05) is 23.0 Å². The molecule has 1 aromatic carbocycles. The SMILES string of the molecule is C[C@@H](CC(=O)[O-])CC(=O)N1CC[NH+](Cc2ccc(Cl)cc2)CC1. The Morgan fingerprint density at radius 1 is 1.22 bits per heavy atom. The highest BCUT2D eigenvalue weighted by Gasteiger charge is 2.24. The molecule has 126 valence electrons. The molecular formula is C17H23ClN2O3. The van der Waals surface area contributed by atoms with Crippen molar-refractivity contribution in [2.24, 2.45) is 5.92 Å². The van der Waals surface area contributed by atoms with Crippen LogP contribution in [0, 0.1) is 5.92 Å². The van der Waals surface area contributed by atoms with E-state index in [1.807, 2.05) is 29.2 Å². The summed E-state index contributed by atoms with van der Waals surface area (Å²) in [4.78, 5) is 26.0. The number of halogens is 1. The van der Waals surface area contributed by atoms with Crippen molar-refractivity contribution < 1.29 is 19.6 Å². The van der Waals surface area contributed by atoms with E-state index in [0.29, 0.717) is 0 Å². The minimum atomic E-state index is -1.09. The smallest absolute Gasteiger partial charge is 0.223 e. The van der Waals surface area contributed by atoms with Crippen LogP contribution in [0.3, 0.4) is 0 Å². The number of nitrogens with one attached hydrogen (secondary N) is 1. The summed E-state index contributed by atoms with van der Waals surface area (Å²) >= 11 is 5.89. The molecule has 0 unspecified atom stereocenters. The Kier molecular flexibility index (Phi) is 6.42. The Bertz CT molecular complexity index is 539. The van der Waals surface area contributed by atoms with E-state index in [-0.39, 0.29) is 24.7 Å². The van der Waals surface area contributed by atoms with Gasteiger partial charge in [-0.1, -0.05) is 30.7 Å². The van der Waals surface area contributed by atoms with Gasteiger partial charge in [-0.25, -0.2) is 0 Å². The number of carbonyl (C=O) groups excluding carboxylic acids is 2. The van der Waals surface area contributed by atoms with Gasteiger partial charge in [0.15, 0.2) is 0 Å². The Labute approximate surface area is 141 Å². The fraction of sp³-hybridized carbons (Fsp3) is 0.529. The molecule has 23 heavy (non-hydrogen) atoms. The molecule has 6 heteroatoms. The second-order valence-electron chi connectivity index (χ2n) is 6.32. The van der Waals surface area contributed by atoms with Gasteiger partial charge >= 0.3 is 0 Å². The van der Waals surface area contributed by atoms with Crippen molar-refractivity contribution in [1.82, 2.24) is 4.90 Å². The molecule has 1 fully saturated rings. The zero-order valence-corrected chi connectivity index (χ0v) is 14.1. The van der Waals surface area contributed by atoms with Crippen LogP contribution >= 0.6 is 11.6 Å². The molecule has 0 spiro atoms. The van der Waals surface area contributed by atoms with Crippen molar-refractivity contribution in [3.05, 3.63) is 34.9 Å². The first kappa shape index (κ1) is 17.8. The first-order chi connectivity index (χ1) is 10.9. The van der Waals surface area contributed by atoms with Gasteiger partial charge in [-0.3, -0.25) is 4.79 Å². The van der Waals surface area contributed by atoms with Crippen molar-refractivity contribution in [2.45, 2.75) is 26.3 Å². The number of piperazine rings is 1. The Hall–Kier alpha value is -1.59. The fourth-order valence-corrected chi connectivity index (χ4v) is 3.05. The van der Waals surface area contributed by atoms with Crippen LogP contribution in [0.25, 0.3) is 0 Å². The Morgan fingerprint density at radius 2 is 1.83 bits per heavy atom. The van der Waals surface area contributed by atoms with E-state index in [1.165, 1.54) is 10.5 Å². The highest BCUT2D eigenvalue weighted by Crippen LogP contribution is 2.10.